The molecule has 11 nitrogen and oxygen atoms in total. The fraction of sp³-hybridized carbons (Fsp3) is 0.143. The number of nitrogens with two attached hydrogens (primary N) is 1. The van der Waals surface area contributed by atoms with Crippen LogP contribution in [0.25, 0.3) is 16.6 Å². The van der Waals surface area contributed by atoms with Gasteiger partial charge in [0.2, 0.25) is 0 Å². The van der Waals surface area contributed by atoms with Crippen molar-refractivity contribution in [3.63, 3.8) is 0 Å². The first-order valence-electron chi connectivity index (χ1n) is 9.82. The molecule has 0 aliphatic heterocycles. The van der Waals surface area contributed by atoms with Crippen LogP contribution >= 0.6 is 0 Å². The van der Waals surface area contributed by atoms with Gasteiger partial charge in [0, 0.05) is 12.6 Å². The molecule has 0 bridgehead atoms. The fourth-order valence-electron chi connectivity index (χ4n) is 3.43. The van der Waals surface area contributed by atoms with Gasteiger partial charge in [0.25, 0.3) is 11.2 Å². The van der Waals surface area contributed by atoms with Gasteiger partial charge in [-0.25, -0.2) is 14.1 Å². The van der Waals surface area contributed by atoms with E-state index in [0.717, 1.165) is 0 Å². The highest BCUT2D eigenvalue weighted by atomic mass is 19.1. The second-order valence-electron chi connectivity index (χ2n) is 7.11. The molecule has 0 unspecified atom stereocenters. The summed E-state index contributed by atoms with van der Waals surface area (Å²) in [4.78, 5) is 29.2. The van der Waals surface area contributed by atoms with Gasteiger partial charge in [0.1, 0.15) is 29.0 Å². The SMILES string of the molecule is N#Cc1c(CCCNc2cc3nc[nH]c(=O)c3cc2[N+](=O)[O-])nn(-c2ccc(F)cc2)c1N. The molecule has 0 amide bonds. The van der Waals surface area contributed by atoms with Crippen molar-refractivity contribution >= 4 is 28.1 Å². The summed E-state index contributed by atoms with van der Waals surface area (Å²) in [5.41, 5.74) is 7.09. The Morgan fingerprint density at radius 1 is 1.30 bits per heavy atom. The number of hydrogen-bond donors (Lipinski definition) is 3. The van der Waals surface area contributed by atoms with Crippen LogP contribution in [-0.2, 0) is 6.42 Å². The third kappa shape index (κ3) is 4.19. The Hall–Kier alpha value is -4.79. The lowest BCUT2D eigenvalue weighted by Crippen LogP contribution is -2.10. The molecule has 0 saturated heterocycles. The number of nitro benzene ring substituents is 1. The maximum Gasteiger partial charge on any atom is 0.293 e. The normalized spacial score (nSPS) is 10.8. The van der Waals surface area contributed by atoms with Gasteiger partial charge in [-0.05, 0) is 43.2 Å². The molecule has 2 aromatic carbocycles. The number of rotatable bonds is 7. The number of aromatic nitrogens is 4. The zero-order chi connectivity index (χ0) is 23.5. The number of nitrogens with zero attached hydrogens (tertiary/aromatic N) is 5. The highest BCUT2D eigenvalue weighted by Crippen LogP contribution is 2.28. The molecule has 0 aliphatic carbocycles. The minimum atomic E-state index is -0.576. The van der Waals surface area contributed by atoms with Crippen LogP contribution in [0.5, 0.6) is 0 Å². The average molecular weight is 448 g/mol. The number of aromatic amines is 1. The number of nitriles is 1. The Morgan fingerprint density at radius 3 is 2.76 bits per heavy atom. The summed E-state index contributed by atoms with van der Waals surface area (Å²) < 4.78 is 14.6. The van der Waals surface area contributed by atoms with Crippen LogP contribution in [-0.4, -0.2) is 31.2 Å². The van der Waals surface area contributed by atoms with Crippen LogP contribution in [0.15, 0.2) is 47.5 Å². The molecule has 0 radical (unpaired) electrons. The number of benzene rings is 2. The van der Waals surface area contributed by atoms with Crippen molar-refractivity contribution < 1.29 is 9.31 Å². The summed E-state index contributed by atoms with van der Waals surface area (Å²) in [6.07, 6.45) is 2.08. The van der Waals surface area contributed by atoms with Crippen molar-refractivity contribution in [1.29, 1.82) is 5.26 Å². The summed E-state index contributed by atoms with van der Waals surface area (Å²) in [5, 5.41) is 28.4. The quantitative estimate of drug-likeness (QED) is 0.220. The lowest BCUT2D eigenvalue weighted by Gasteiger charge is -2.08. The van der Waals surface area contributed by atoms with Crippen LogP contribution in [0.2, 0.25) is 0 Å². The maximum atomic E-state index is 13.2. The number of fused-ring (bicyclic) bond motifs is 1. The maximum absolute atomic E-state index is 13.2. The summed E-state index contributed by atoms with van der Waals surface area (Å²) in [6.45, 7) is 0.323. The van der Waals surface area contributed by atoms with Gasteiger partial charge in [-0.2, -0.15) is 10.4 Å². The van der Waals surface area contributed by atoms with Gasteiger partial charge >= 0.3 is 0 Å². The van der Waals surface area contributed by atoms with E-state index in [0.29, 0.717) is 36.3 Å². The Balaban J connectivity index is 1.51. The topological polar surface area (TPSA) is 169 Å². The Morgan fingerprint density at radius 2 is 2.06 bits per heavy atom. The van der Waals surface area contributed by atoms with Gasteiger partial charge < -0.3 is 16.0 Å². The molecular weight excluding hydrogens is 431 g/mol. The summed E-state index contributed by atoms with van der Waals surface area (Å²) >= 11 is 0. The van der Waals surface area contributed by atoms with Gasteiger partial charge in [-0.1, -0.05) is 0 Å². The first kappa shape index (κ1) is 21.4. The van der Waals surface area contributed by atoms with E-state index in [-0.39, 0.29) is 28.1 Å². The van der Waals surface area contributed by atoms with Gasteiger partial charge in [-0.15, -0.1) is 0 Å². The van der Waals surface area contributed by atoms with E-state index >= 15 is 0 Å². The van der Waals surface area contributed by atoms with Gasteiger partial charge in [0.05, 0.1) is 33.5 Å². The van der Waals surface area contributed by atoms with Crippen LogP contribution in [0.3, 0.4) is 0 Å². The molecule has 0 fully saturated rings. The number of H-pyrrole nitrogens is 1. The molecule has 2 heterocycles. The minimum Gasteiger partial charge on any atom is -0.382 e. The first-order valence-corrected chi connectivity index (χ1v) is 9.82. The Labute approximate surface area is 185 Å². The van der Waals surface area contributed by atoms with E-state index in [1.165, 1.54) is 47.4 Å². The lowest BCUT2D eigenvalue weighted by atomic mass is 10.1. The summed E-state index contributed by atoms with van der Waals surface area (Å²) in [6, 6.07) is 10.2. The highest BCUT2D eigenvalue weighted by molar-refractivity contribution is 5.86. The second-order valence-corrected chi connectivity index (χ2v) is 7.11. The van der Waals surface area contributed by atoms with E-state index < -0.39 is 16.3 Å². The molecule has 2 aromatic heterocycles. The highest BCUT2D eigenvalue weighted by Gasteiger charge is 2.18. The molecule has 4 aromatic rings. The van der Waals surface area contributed by atoms with Crippen molar-refractivity contribution in [3.8, 4) is 11.8 Å². The van der Waals surface area contributed by atoms with E-state index in [4.69, 9.17) is 5.73 Å². The molecule has 4 rings (SSSR count). The second kappa shape index (κ2) is 8.75. The molecule has 0 saturated carbocycles. The average Bonchev–Trinajstić information content (AvgIpc) is 3.12. The zero-order valence-electron chi connectivity index (χ0n) is 17.1. The zero-order valence-corrected chi connectivity index (χ0v) is 17.1. The molecule has 0 atom stereocenters. The molecule has 4 N–H and O–H groups in total. The van der Waals surface area contributed by atoms with Gasteiger partial charge in [-0.3, -0.25) is 14.9 Å². The van der Waals surface area contributed by atoms with Crippen molar-refractivity contribution in [2.24, 2.45) is 0 Å². The number of aryl methyl sites for hydroxylation is 1. The van der Waals surface area contributed by atoms with Crippen LogP contribution in [0.1, 0.15) is 17.7 Å². The van der Waals surface area contributed by atoms with E-state index in [2.05, 4.69) is 20.4 Å². The van der Waals surface area contributed by atoms with Gasteiger partial charge in [0.15, 0.2) is 0 Å². The number of hydrogen-bond acceptors (Lipinski definition) is 8. The van der Waals surface area contributed by atoms with Crippen LogP contribution < -0.4 is 16.6 Å². The van der Waals surface area contributed by atoms with Crippen molar-refractivity contribution in [3.05, 3.63) is 80.3 Å². The third-order valence-electron chi connectivity index (χ3n) is 5.04. The van der Waals surface area contributed by atoms with E-state index in [1.54, 1.807) is 0 Å². The first-order chi connectivity index (χ1) is 15.9. The van der Waals surface area contributed by atoms with E-state index in [1.807, 2.05) is 6.07 Å². The molecule has 0 spiro atoms. The minimum absolute atomic E-state index is 0.121. The van der Waals surface area contributed by atoms with Crippen LogP contribution in [0, 0.1) is 27.3 Å². The summed E-state index contributed by atoms with van der Waals surface area (Å²) in [7, 11) is 0. The number of nitrogen functional groups attached to an aromatic ring is 1. The van der Waals surface area contributed by atoms with Crippen molar-refractivity contribution in [2.45, 2.75) is 12.8 Å². The van der Waals surface area contributed by atoms with Crippen molar-refractivity contribution in [1.82, 2.24) is 19.7 Å². The van der Waals surface area contributed by atoms with Crippen LogP contribution in [0.4, 0.5) is 21.6 Å². The molecule has 166 valence electrons. The molecule has 12 heteroatoms. The monoisotopic (exact) mass is 448 g/mol. The number of halogens is 1. The van der Waals surface area contributed by atoms with E-state index in [9.17, 15) is 24.6 Å². The molecule has 0 aliphatic rings. The number of anilines is 2. The Bertz CT molecular complexity index is 1450. The summed E-state index contributed by atoms with van der Waals surface area (Å²) in [5.74, 6) is -0.257. The fourth-order valence-corrected chi connectivity index (χ4v) is 3.43. The predicted octanol–water partition coefficient (Wildman–Crippen LogP) is 2.65. The standard InChI is InChI=1S/C21H17FN8O3/c22-12-3-5-13(6-4-12)29-20(24)15(10-23)16(28-29)2-1-7-25-18-9-17-14(8-19(18)30(32)33)21(31)27-11-26-17/h3-6,8-9,11,25H,1-2,7,24H2,(H,26,27,31). The third-order valence-corrected chi connectivity index (χ3v) is 5.04. The smallest absolute Gasteiger partial charge is 0.293 e. The lowest BCUT2D eigenvalue weighted by molar-refractivity contribution is -0.383. The predicted molar refractivity (Wildman–Crippen MR) is 118 cm³/mol. The largest absolute Gasteiger partial charge is 0.382 e. The molecular formula is C21H17FN8O3. The van der Waals surface area contributed by atoms with Crippen molar-refractivity contribution in [2.75, 3.05) is 17.6 Å². The number of nitrogens with one attached hydrogen (secondary N) is 2. The molecule has 33 heavy (non-hydrogen) atoms. The Kier molecular flexibility index (Phi) is 5.69. The number of nitro groups is 1.